The monoisotopic (exact) mass is 298 g/mol. The standard InChI is InChI=1S/C14H13F3N2S/c15-9-6-11(17)10(16)5-8(9)12-13(18)20-14(19-12)7-3-1-2-4-7/h5-7H,1-4,18H2. The fourth-order valence-electron chi connectivity index (χ4n) is 2.59. The molecule has 2 aromatic rings. The molecule has 1 saturated carbocycles. The Morgan fingerprint density at radius 2 is 1.70 bits per heavy atom. The van der Waals surface area contributed by atoms with Crippen LogP contribution < -0.4 is 5.73 Å². The Balaban J connectivity index is 2.04. The van der Waals surface area contributed by atoms with E-state index in [1.54, 1.807) is 0 Å². The maximum atomic E-state index is 13.8. The molecule has 0 aliphatic heterocycles. The van der Waals surface area contributed by atoms with Crippen LogP contribution in [-0.2, 0) is 0 Å². The van der Waals surface area contributed by atoms with Gasteiger partial charge in [-0.2, -0.15) is 0 Å². The highest BCUT2D eigenvalue weighted by Crippen LogP contribution is 2.41. The highest BCUT2D eigenvalue weighted by Gasteiger charge is 2.24. The van der Waals surface area contributed by atoms with E-state index in [2.05, 4.69) is 4.98 Å². The van der Waals surface area contributed by atoms with Crippen molar-refractivity contribution in [2.75, 3.05) is 5.73 Å². The molecule has 0 atom stereocenters. The quantitative estimate of drug-likeness (QED) is 0.831. The number of benzene rings is 1. The number of rotatable bonds is 2. The summed E-state index contributed by atoms with van der Waals surface area (Å²) < 4.78 is 40.0. The molecule has 0 saturated heterocycles. The van der Waals surface area contributed by atoms with Gasteiger partial charge in [0.25, 0.3) is 0 Å². The second-order valence-corrected chi connectivity index (χ2v) is 6.05. The van der Waals surface area contributed by atoms with Gasteiger partial charge in [-0.05, 0) is 18.9 Å². The number of thiazole rings is 1. The van der Waals surface area contributed by atoms with E-state index in [0.717, 1.165) is 36.8 Å². The van der Waals surface area contributed by atoms with Crippen LogP contribution >= 0.6 is 11.3 Å². The lowest BCUT2D eigenvalue weighted by Gasteiger charge is -2.04. The summed E-state index contributed by atoms with van der Waals surface area (Å²) in [5.41, 5.74) is 6.01. The van der Waals surface area contributed by atoms with Crippen LogP contribution in [-0.4, -0.2) is 4.98 Å². The molecule has 3 rings (SSSR count). The molecule has 1 fully saturated rings. The van der Waals surface area contributed by atoms with Gasteiger partial charge in [-0.15, -0.1) is 11.3 Å². The summed E-state index contributed by atoms with van der Waals surface area (Å²) in [4.78, 5) is 4.36. The van der Waals surface area contributed by atoms with Gasteiger partial charge >= 0.3 is 0 Å². The minimum Gasteiger partial charge on any atom is -0.389 e. The van der Waals surface area contributed by atoms with E-state index in [4.69, 9.17) is 5.73 Å². The maximum absolute atomic E-state index is 13.8. The van der Waals surface area contributed by atoms with Crippen molar-refractivity contribution in [2.24, 2.45) is 0 Å². The summed E-state index contributed by atoms with van der Waals surface area (Å²) in [5.74, 6) is -2.81. The van der Waals surface area contributed by atoms with Crippen molar-refractivity contribution in [1.29, 1.82) is 0 Å². The first-order chi connectivity index (χ1) is 9.56. The second-order valence-electron chi connectivity index (χ2n) is 4.99. The first-order valence-corrected chi connectivity index (χ1v) is 7.29. The van der Waals surface area contributed by atoms with Crippen molar-refractivity contribution < 1.29 is 13.2 Å². The summed E-state index contributed by atoms with van der Waals surface area (Å²) in [6, 6.07) is 1.34. The second kappa shape index (κ2) is 5.09. The van der Waals surface area contributed by atoms with Gasteiger partial charge in [0.1, 0.15) is 16.5 Å². The average Bonchev–Trinajstić information content (AvgIpc) is 3.03. The minimum atomic E-state index is -1.21. The Morgan fingerprint density at radius 1 is 1.05 bits per heavy atom. The zero-order chi connectivity index (χ0) is 14.3. The van der Waals surface area contributed by atoms with E-state index in [9.17, 15) is 13.2 Å². The lowest BCUT2D eigenvalue weighted by Crippen LogP contribution is -1.95. The van der Waals surface area contributed by atoms with Crippen LogP contribution in [0.2, 0.25) is 0 Å². The summed E-state index contributed by atoms with van der Waals surface area (Å²) in [6.07, 6.45) is 4.40. The van der Waals surface area contributed by atoms with Crippen molar-refractivity contribution in [1.82, 2.24) is 4.98 Å². The zero-order valence-corrected chi connectivity index (χ0v) is 11.4. The Labute approximate surface area is 118 Å². The van der Waals surface area contributed by atoms with E-state index in [1.807, 2.05) is 0 Å². The van der Waals surface area contributed by atoms with E-state index >= 15 is 0 Å². The summed E-state index contributed by atoms with van der Waals surface area (Å²) in [5, 5.41) is 1.20. The SMILES string of the molecule is Nc1sc(C2CCCC2)nc1-c1cc(F)c(F)cc1F. The highest BCUT2D eigenvalue weighted by atomic mass is 32.1. The predicted octanol–water partition coefficient (Wildman–Crippen LogP) is 4.47. The normalized spacial score (nSPS) is 15.9. The van der Waals surface area contributed by atoms with Gasteiger partial charge in [0, 0.05) is 17.5 Å². The number of aromatic nitrogens is 1. The average molecular weight is 298 g/mol. The van der Waals surface area contributed by atoms with Crippen molar-refractivity contribution in [3.05, 3.63) is 34.6 Å². The Bertz CT molecular complexity index is 648. The fourth-order valence-corrected chi connectivity index (χ4v) is 3.61. The van der Waals surface area contributed by atoms with E-state index in [-0.39, 0.29) is 11.3 Å². The molecule has 20 heavy (non-hydrogen) atoms. The van der Waals surface area contributed by atoms with Crippen LogP contribution in [0.5, 0.6) is 0 Å². The third-order valence-electron chi connectivity index (χ3n) is 3.64. The smallest absolute Gasteiger partial charge is 0.161 e. The van der Waals surface area contributed by atoms with Gasteiger partial charge in [0.15, 0.2) is 11.6 Å². The Kier molecular flexibility index (Phi) is 3.41. The molecule has 1 heterocycles. The molecular weight excluding hydrogens is 285 g/mol. The van der Waals surface area contributed by atoms with Crippen molar-refractivity contribution in [2.45, 2.75) is 31.6 Å². The summed E-state index contributed by atoms with van der Waals surface area (Å²) >= 11 is 1.31. The fraction of sp³-hybridized carbons (Fsp3) is 0.357. The summed E-state index contributed by atoms with van der Waals surface area (Å²) in [7, 11) is 0. The van der Waals surface area contributed by atoms with Gasteiger partial charge in [0.05, 0.1) is 5.01 Å². The molecule has 2 N–H and O–H groups in total. The van der Waals surface area contributed by atoms with Gasteiger partial charge in [-0.1, -0.05) is 12.8 Å². The van der Waals surface area contributed by atoms with Crippen molar-refractivity contribution in [3.8, 4) is 11.3 Å². The van der Waals surface area contributed by atoms with Crippen LogP contribution in [0.1, 0.15) is 36.6 Å². The van der Waals surface area contributed by atoms with E-state index in [0.29, 0.717) is 17.0 Å². The topological polar surface area (TPSA) is 38.9 Å². The minimum absolute atomic E-state index is 0.0816. The van der Waals surface area contributed by atoms with Crippen molar-refractivity contribution >= 4 is 16.3 Å². The number of nitrogens with zero attached hydrogens (tertiary/aromatic N) is 1. The van der Waals surface area contributed by atoms with Crippen LogP contribution in [0.15, 0.2) is 12.1 Å². The largest absolute Gasteiger partial charge is 0.389 e. The Morgan fingerprint density at radius 3 is 2.40 bits per heavy atom. The number of hydrogen-bond acceptors (Lipinski definition) is 3. The molecule has 0 unspecified atom stereocenters. The number of halogens is 3. The number of nitrogen functional groups attached to an aromatic ring is 1. The van der Waals surface area contributed by atoms with Gasteiger partial charge in [-0.25, -0.2) is 18.2 Å². The molecule has 0 spiro atoms. The predicted molar refractivity (Wildman–Crippen MR) is 73.0 cm³/mol. The van der Waals surface area contributed by atoms with Crippen LogP contribution in [0, 0.1) is 17.5 Å². The number of anilines is 1. The highest BCUT2D eigenvalue weighted by molar-refractivity contribution is 7.16. The number of nitrogens with two attached hydrogens (primary N) is 1. The third-order valence-corrected chi connectivity index (χ3v) is 4.69. The Hall–Kier alpha value is -1.56. The third kappa shape index (κ3) is 2.28. The molecule has 1 aromatic heterocycles. The van der Waals surface area contributed by atoms with Crippen LogP contribution in [0.3, 0.4) is 0 Å². The zero-order valence-electron chi connectivity index (χ0n) is 10.6. The first-order valence-electron chi connectivity index (χ1n) is 6.47. The van der Waals surface area contributed by atoms with E-state index in [1.165, 1.54) is 11.3 Å². The molecule has 1 aromatic carbocycles. The molecule has 106 valence electrons. The summed E-state index contributed by atoms with van der Waals surface area (Å²) in [6.45, 7) is 0. The molecule has 1 aliphatic carbocycles. The molecule has 1 aliphatic rings. The lowest BCUT2D eigenvalue weighted by atomic mass is 10.1. The molecular formula is C14H13F3N2S. The molecule has 2 nitrogen and oxygen atoms in total. The van der Waals surface area contributed by atoms with E-state index < -0.39 is 17.5 Å². The maximum Gasteiger partial charge on any atom is 0.161 e. The number of hydrogen-bond donors (Lipinski definition) is 1. The van der Waals surface area contributed by atoms with Gasteiger partial charge in [-0.3, -0.25) is 0 Å². The van der Waals surface area contributed by atoms with Gasteiger partial charge in [0.2, 0.25) is 0 Å². The van der Waals surface area contributed by atoms with Crippen LogP contribution in [0.25, 0.3) is 11.3 Å². The lowest BCUT2D eigenvalue weighted by molar-refractivity contribution is 0.496. The molecule has 0 bridgehead atoms. The van der Waals surface area contributed by atoms with Gasteiger partial charge < -0.3 is 5.73 Å². The molecule has 6 heteroatoms. The molecule has 0 radical (unpaired) electrons. The first kappa shape index (κ1) is 13.4. The molecule has 0 amide bonds. The van der Waals surface area contributed by atoms with Crippen molar-refractivity contribution in [3.63, 3.8) is 0 Å². The van der Waals surface area contributed by atoms with Crippen LogP contribution in [0.4, 0.5) is 18.2 Å².